The van der Waals surface area contributed by atoms with Gasteiger partial charge in [-0.15, -0.1) is 0 Å². The van der Waals surface area contributed by atoms with Crippen molar-refractivity contribution in [2.24, 2.45) is 5.92 Å². The average molecular weight is 317 g/mol. The Morgan fingerprint density at radius 3 is 2.87 bits per heavy atom. The second-order valence-corrected chi connectivity index (χ2v) is 5.61. The summed E-state index contributed by atoms with van der Waals surface area (Å²) in [5.74, 6) is -1.64. The molecule has 0 saturated carbocycles. The molecule has 0 spiro atoms. The Balaban J connectivity index is 1.75. The normalized spacial score (nSPS) is 19.7. The monoisotopic (exact) mass is 317 g/mol. The predicted octanol–water partition coefficient (Wildman–Crippen LogP) is 2.19. The highest BCUT2D eigenvalue weighted by Gasteiger charge is 2.31. The van der Waals surface area contributed by atoms with E-state index in [-0.39, 0.29) is 17.6 Å². The van der Waals surface area contributed by atoms with Gasteiger partial charge in [-0.3, -0.25) is 14.9 Å². The lowest BCUT2D eigenvalue weighted by Crippen LogP contribution is -2.41. The number of nitrogens with one attached hydrogen (secondary N) is 2. The summed E-state index contributed by atoms with van der Waals surface area (Å²) < 4.78 is 18.5. The van der Waals surface area contributed by atoms with Crippen LogP contribution in [0.5, 0.6) is 0 Å². The average Bonchev–Trinajstić information content (AvgIpc) is 3.03. The molecular formula is C16H16FN3O3. The van der Waals surface area contributed by atoms with Gasteiger partial charge < -0.3 is 9.84 Å². The van der Waals surface area contributed by atoms with Gasteiger partial charge in [0, 0.05) is 6.07 Å². The summed E-state index contributed by atoms with van der Waals surface area (Å²) in [5, 5.41) is 8.53. The number of aromatic nitrogens is 1. The van der Waals surface area contributed by atoms with Crippen LogP contribution in [0.2, 0.25) is 0 Å². The second kappa shape index (κ2) is 6.20. The molecular weight excluding hydrogens is 301 g/mol. The summed E-state index contributed by atoms with van der Waals surface area (Å²) in [4.78, 5) is 24.0. The quantitative estimate of drug-likeness (QED) is 0.832. The molecule has 1 aliphatic rings. The molecule has 7 heteroatoms. The topological polar surface area (TPSA) is 84.2 Å². The summed E-state index contributed by atoms with van der Waals surface area (Å²) in [6, 6.07) is 5.84. The minimum atomic E-state index is -0.838. The molecule has 2 N–H and O–H groups in total. The van der Waals surface area contributed by atoms with Gasteiger partial charge >= 0.3 is 11.8 Å². The molecule has 1 heterocycles. The zero-order valence-corrected chi connectivity index (χ0v) is 12.5. The fraction of sp³-hybridized carbons (Fsp3) is 0.312. The van der Waals surface area contributed by atoms with Crippen molar-refractivity contribution in [1.29, 1.82) is 0 Å². The number of rotatable bonds is 2. The number of carbonyl (C=O) groups is 2. The molecule has 120 valence electrons. The number of carbonyl (C=O) groups excluding carboxylic acids is 2. The Kier molecular flexibility index (Phi) is 4.10. The first-order valence-electron chi connectivity index (χ1n) is 7.35. The van der Waals surface area contributed by atoms with E-state index in [4.69, 9.17) is 0 Å². The third kappa shape index (κ3) is 3.08. The SMILES string of the molecule is C[C@H]1CCc2c(F)cccc2[C@H]1NC(=O)C(=O)Nc1ccon1. The zero-order chi connectivity index (χ0) is 16.4. The molecule has 3 rings (SSSR count). The number of nitrogens with zero attached hydrogens (tertiary/aromatic N) is 1. The number of hydrogen-bond acceptors (Lipinski definition) is 4. The van der Waals surface area contributed by atoms with Crippen LogP contribution < -0.4 is 10.6 Å². The van der Waals surface area contributed by atoms with Crippen LogP contribution in [0.25, 0.3) is 0 Å². The maximum absolute atomic E-state index is 13.9. The lowest BCUT2D eigenvalue weighted by Gasteiger charge is -2.32. The van der Waals surface area contributed by atoms with Gasteiger partial charge in [-0.2, -0.15) is 0 Å². The van der Waals surface area contributed by atoms with E-state index < -0.39 is 17.9 Å². The maximum atomic E-state index is 13.9. The molecule has 23 heavy (non-hydrogen) atoms. The smallest absolute Gasteiger partial charge is 0.314 e. The van der Waals surface area contributed by atoms with Gasteiger partial charge in [-0.25, -0.2) is 4.39 Å². The molecule has 1 aliphatic carbocycles. The lowest BCUT2D eigenvalue weighted by atomic mass is 9.80. The first-order valence-corrected chi connectivity index (χ1v) is 7.35. The second-order valence-electron chi connectivity index (χ2n) is 5.61. The van der Waals surface area contributed by atoms with Crippen molar-refractivity contribution in [3.05, 3.63) is 47.5 Å². The lowest BCUT2D eigenvalue weighted by molar-refractivity contribution is -0.137. The van der Waals surface area contributed by atoms with Crippen molar-refractivity contribution in [3.63, 3.8) is 0 Å². The summed E-state index contributed by atoms with van der Waals surface area (Å²) in [7, 11) is 0. The number of amides is 2. The van der Waals surface area contributed by atoms with E-state index in [0.29, 0.717) is 12.0 Å². The van der Waals surface area contributed by atoms with Crippen molar-refractivity contribution in [1.82, 2.24) is 10.5 Å². The number of benzene rings is 1. The van der Waals surface area contributed by atoms with Crippen LogP contribution in [-0.4, -0.2) is 17.0 Å². The molecule has 0 radical (unpaired) electrons. The fourth-order valence-electron chi connectivity index (χ4n) is 2.85. The van der Waals surface area contributed by atoms with Crippen molar-refractivity contribution in [2.75, 3.05) is 5.32 Å². The van der Waals surface area contributed by atoms with Crippen molar-refractivity contribution in [3.8, 4) is 0 Å². The van der Waals surface area contributed by atoms with E-state index in [1.54, 1.807) is 12.1 Å². The summed E-state index contributed by atoms with van der Waals surface area (Å²) >= 11 is 0. The fourth-order valence-corrected chi connectivity index (χ4v) is 2.85. The number of hydrogen-bond donors (Lipinski definition) is 2. The Morgan fingerprint density at radius 1 is 1.30 bits per heavy atom. The summed E-state index contributed by atoms with van der Waals surface area (Å²) in [6.07, 6.45) is 2.65. The molecule has 2 atom stereocenters. The molecule has 0 unspecified atom stereocenters. The number of halogens is 1. The van der Waals surface area contributed by atoms with Gasteiger partial charge in [-0.1, -0.05) is 24.2 Å². The number of fused-ring (bicyclic) bond motifs is 1. The van der Waals surface area contributed by atoms with Gasteiger partial charge in [0.05, 0.1) is 6.04 Å². The Bertz CT molecular complexity index is 730. The van der Waals surface area contributed by atoms with E-state index in [9.17, 15) is 14.0 Å². The van der Waals surface area contributed by atoms with E-state index in [1.807, 2.05) is 6.92 Å². The zero-order valence-electron chi connectivity index (χ0n) is 12.5. The highest BCUT2D eigenvalue weighted by atomic mass is 19.1. The van der Waals surface area contributed by atoms with Crippen molar-refractivity contribution < 1.29 is 18.5 Å². The Labute approximate surface area is 132 Å². The Morgan fingerprint density at radius 2 is 2.13 bits per heavy atom. The van der Waals surface area contributed by atoms with Gasteiger partial charge in [0.1, 0.15) is 12.1 Å². The summed E-state index contributed by atoms with van der Waals surface area (Å²) in [6.45, 7) is 1.97. The van der Waals surface area contributed by atoms with Gasteiger partial charge in [0.15, 0.2) is 5.82 Å². The Hall–Kier alpha value is -2.70. The van der Waals surface area contributed by atoms with E-state index in [2.05, 4.69) is 20.3 Å². The van der Waals surface area contributed by atoms with Crippen LogP contribution in [0, 0.1) is 11.7 Å². The standard InChI is InChI=1S/C16H16FN3O3/c1-9-5-6-10-11(3-2-4-12(10)17)14(9)19-16(22)15(21)18-13-7-8-23-20-13/h2-4,7-9,14H,5-6H2,1H3,(H,19,22)(H,18,20,21)/t9-,14-/m0/s1. The molecule has 0 saturated heterocycles. The van der Waals surface area contributed by atoms with Crippen molar-refractivity contribution in [2.45, 2.75) is 25.8 Å². The molecule has 0 aliphatic heterocycles. The molecule has 2 amide bonds. The van der Waals surface area contributed by atoms with Crippen LogP contribution in [0.3, 0.4) is 0 Å². The highest BCUT2D eigenvalue weighted by molar-refractivity contribution is 6.39. The third-order valence-corrected chi connectivity index (χ3v) is 4.08. The molecule has 1 aromatic carbocycles. The number of anilines is 1. The van der Waals surface area contributed by atoms with Gasteiger partial charge in [-0.05, 0) is 36.0 Å². The van der Waals surface area contributed by atoms with Crippen LogP contribution in [-0.2, 0) is 16.0 Å². The van der Waals surface area contributed by atoms with E-state index >= 15 is 0 Å². The third-order valence-electron chi connectivity index (χ3n) is 4.08. The maximum Gasteiger partial charge on any atom is 0.314 e. The van der Waals surface area contributed by atoms with Gasteiger partial charge in [0.25, 0.3) is 0 Å². The molecule has 1 aromatic heterocycles. The van der Waals surface area contributed by atoms with Crippen LogP contribution in [0.15, 0.2) is 35.1 Å². The molecule has 0 fully saturated rings. The molecule has 2 aromatic rings. The van der Waals surface area contributed by atoms with E-state index in [0.717, 1.165) is 12.0 Å². The minimum Gasteiger partial charge on any atom is -0.363 e. The largest absolute Gasteiger partial charge is 0.363 e. The van der Waals surface area contributed by atoms with Crippen LogP contribution in [0.4, 0.5) is 10.2 Å². The first-order chi connectivity index (χ1) is 11.1. The van der Waals surface area contributed by atoms with Crippen LogP contribution >= 0.6 is 0 Å². The minimum absolute atomic E-state index is 0.105. The molecule has 0 bridgehead atoms. The van der Waals surface area contributed by atoms with Gasteiger partial charge in [0.2, 0.25) is 0 Å². The summed E-state index contributed by atoms with van der Waals surface area (Å²) in [5.41, 5.74) is 1.33. The van der Waals surface area contributed by atoms with Crippen LogP contribution in [0.1, 0.15) is 30.5 Å². The predicted molar refractivity (Wildman–Crippen MR) is 79.9 cm³/mol. The van der Waals surface area contributed by atoms with Crippen molar-refractivity contribution >= 4 is 17.6 Å². The van der Waals surface area contributed by atoms with E-state index in [1.165, 1.54) is 18.4 Å². The molecule has 6 nitrogen and oxygen atoms in total. The highest BCUT2D eigenvalue weighted by Crippen LogP contribution is 2.35. The first kappa shape index (κ1) is 15.2.